The van der Waals surface area contributed by atoms with Gasteiger partial charge in [0.1, 0.15) is 18.0 Å². The first kappa shape index (κ1) is 19.4. The van der Waals surface area contributed by atoms with Crippen LogP contribution in [-0.2, 0) is 4.74 Å². The van der Waals surface area contributed by atoms with Gasteiger partial charge in [0.2, 0.25) is 5.78 Å². The summed E-state index contributed by atoms with van der Waals surface area (Å²) >= 11 is 0. The number of benzene rings is 2. The average Bonchev–Trinajstić information content (AvgIpc) is 3.13. The molecule has 0 N–H and O–H groups in total. The first-order valence-corrected chi connectivity index (χ1v) is 9.23. The standard InChI is InChI=1S/C23H16F2N2O3/c1-2-30-23(29)17-11-21(22(28)14-7-9-15(24)10-8-14)27-13-26-19(12-20(17)27)16-5-3-4-6-18(16)25/h3-13H,2H2,1H3. The number of hydrogen-bond acceptors (Lipinski definition) is 4. The monoisotopic (exact) mass is 406 g/mol. The molecule has 0 fully saturated rings. The van der Waals surface area contributed by atoms with E-state index in [1.807, 2.05) is 0 Å². The van der Waals surface area contributed by atoms with Gasteiger partial charge in [0.25, 0.3) is 0 Å². The molecule has 0 spiro atoms. The summed E-state index contributed by atoms with van der Waals surface area (Å²) in [6.45, 7) is 1.83. The van der Waals surface area contributed by atoms with Crippen LogP contribution in [0.3, 0.4) is 0 Å². The number of fused-ring (bicyclic) bond motifs is 1. The molecule has 0 unspecified atom stereocenters. The molecule has 0 aliphatic heterocycles. The van der Waals surface area contributed by atoms with E-state index >= 15 is 0 Å². The van der Waals surface area contributed by atoms with Crippen molar-refractivity contribution < 1.29 is 23.1 Å². The van der Waals surface area contributed by atoms with Gasteiger partial charge < -0.3 is 4.74 Å². The molecule has 0 radical (unpaired) electrons. The minimum absolute atomic E-state index is 0.155. The van der Waals surface area contributed by atoms with Gasteiger partial charge in [-0.25, -0.2) is 18.6 Å². The fourth-order valence-electron chi connectivity index (χ4n) is 3.21. The average molecular weight is 406 g/mol. The van der Waals surface area contributed by atoms with E-state index < -0.39 is 23.4 Å². The molecule has 0 amide bonds. The molecule has 2 heterocycles. The number of carbonyl (C=O) groups is 2. The van der Waals surface area contributed by atoms with Crippen LogP contribution < -0.4 is 0 Å². The van der Waals surface area contributed by atoms with E-state index in [4.69, 9.17) is 4.74 Å². The van der Waals surface area contributed by atoms with Crippen molar-refractivity contribution in [2.75, 3.05) is 6.61 Å². The maximum Gasteiger partial charge on any atom is 0.340 e. The molecule has 2 aromatic heterocycles. The van der Waals surface area contributed by atoms with Gasteiger partial charge in [-0.1, -0.05) is 12.1 Å². The second-order valence-corrected chi connectivity index (χ2v) is 6.51. The van der Waals surface area contributed by atoms with Gasteiger partial charge in [-0.3, -0.25) is 9.20 Å². The van der Waals surface area contributed by atoms with Gasteiger partial charge >= 0.3 is 5.97 Å². The summed E-state index contributed by atoms with van der Waals surface area (Å²) in [6, 6.07) is 14.2. The van der Waals surface area contributed by atoms with E-state index in [-0.39, 0.29) is 29.0 Å². The normalized spacial score (nSPS) is 10.9. The molecular weight excluding hydrogens is 390 g/mol. The highest BCUT2D eigenvalue weighted by atomic mass is 19.1. The molecule has 4 rings (SSSR count). The third-order valence-corrected chi connectivity index (χ3v) is 4.65. The summed E-state index contributed by atoms with van der Waals surface area (Å²) in [4.78, 5) is 29.8. The van der Waals surface area contributed by atoms with Gasteiger partial charge in [0.05, 0.1) is 29.1 Å². The number of ketones is 1. The molecule has 30 heavy (non-hydrogen) atoms. The van der Waals surface area contributed by atoms with Gasteiger partial charge in [-0.2, -0.15) is 0 Å². The second-order valence-electron chi connectivity index (χ2n) is 6.51. The largest absolute Gasteiger partial charge is 0.462 e. The fraction of sp³-hybridized carbons (Fsp3) is 0.0870. The smallest absolute Gasteiger partial charge is 0.340 e. The van der Waals surface area contributed by atoms with Gasteiger partial charge in [-0.05, 0) is 55.5 Å². The number of nitrogens with zero attached hydrogens (tertiary/aromatic N) is 2. The predicted molar refractivity (Wildman–Crippen MR) is 106 cm³/mol. The van der Waals surface area contributed by atoms with Crippen molar-refractivity contribution in [3.8, 4) is 11.3 Å². The lowest BCUT2D eigenvalue weighted by molar-refractivity contribution is 0.0529. The van der Waals surface area contributed by atoms with E-state index in [0.29, 0.717) is 11.2 Å². The molecule has 0 bridgehead atoms. The molecule has 0 aliphatic carbocycles. The number of carbonyl (C=O) groups excluding carboxylic acids is 2. The van der Waals surface area contributed by atoms with Gasteiger partial charge in [0, 0.05) is 11.1 Å². The van der Waals surface area contributed by atoms with Crippen molar-refractivity contribution in [2.24, 2.45) is 0 Å². The van der Waals surface area contributed by atoms with Gasteiger partial charge in [0.15, 0.2) is 0 Å². The van der Waals surface area contributed by atoms with Crippen molar-refractivity contribution in [3.05, 3.63) is 95.4 Å². The summed E-state index contributed by atoms with van der Waals surface area (Å²) in [6.07, 6.45) is 1.36. The zero-order chi connectivity index (χ0) is 21.3. The number of halogens is 2. The zero-order valence-electron chi connectivity index (χ0n) is 15.9. The van der Waals surface area contributed by atoms with Crippen molar-refractivity contribution in [2.45, 2.75) is 6.92 Å². The first-order chi connectivity index (χ1) is 14.5. The van der Waals surface area contributed by atoms with Crippen LogP contribution in [0.4, 0.5) is 8.78 Å². The van der Waals surface area contributed by atoms with Crippen LogP contribution in [0.25, 0.3) is 16.8 Å². The summed E-state index contributed by atoms with van der Waals surface area (Å²) in [7, 11) is 0. The fourth-order valence-corrected chi connectivity index (χ4v) is 3.21. The summed E-state index contributed by atoms with van der Waals surface area (Å²) in [5.74, 6) is -1.95. The van der Waals surface area contributed by atoms with E-state index in [1.54, 1.807) is 25.1 Å². The van der Waals surface area contributed by atoms with E-state index in [1.165, 1.54) is 53.2 Å². The zero-order valence-corrected chi connectivity index (χ0v) is 15.9. The quantitative estimate of drug-likeness (QED) is 0.356. The molecule has 2 aromatic carbocycles. The molecule has 5 nitrogen and oxygen atoms in total. The third-order valence-electron chi connectivity index (χ3n) is 4.65. The van der Waals surface area contributed by atoms with Crippen LogP contribution >= 0.6 is 0 Å². The number of esters is 1. The Morgan fingerprint density at radius 3 is 2.47 bits per heavy atom. The Morgan fingerprint density at radius 1 is 1.03 bits per heavy atom. The lowest BCUT2D eigenvalue weighted by Crippen LogP contribution is -2.06. The highest BCUT2D eigenvalue weighted by Crippen LogP contribution is 2.26. The lowest BCUT2D eigenvalue weighted by atomic mass is 10.1. The minimum Gasteiger partial charge on any atom is -0.462 e. The van der Waals surface area contributed by atoms with Crippen LogP contribution in [0, 0.1) is 11.6 Å². The van der Waals surface area contributed by atoms with Crippen LogP contribution in [0.1, 0.15) is 33.3 Å². The first-order valence-electron chi connectivity index (χ1n) is 9.23. The topological polar surface area (TPSA) is 60.7 Å². The Morgan fingerprint density at radius 2 is 1.77 bits per heavy atom. The Labute approximate surface area is 170 Å². The summed E-state index contributed by atoms with van der Waals surface area (Å²) < 4.78 is 34.0. The summed E-state index contributed by atoms with van der Waals surface area (Å²) in [5.41, 5.74) is 1.50. The minimum atomic E-state index is -0.612. The van der Waals surface area contributed by atoms with Crippen LogP contribution in [-0.4, -0.2) is 27.7 Å². The number of ether oxygens (including phenoxy) is 1. The number of rotatable bonds is 5. The molecule has 0 aliphatic rings. The maximum absolute atomic E-state index is 14.2. The second kappa shape index (κ2) is 7.87. The number of hydrogen-bond donors (Lipinski definition) is 0. The molecule has 0 atom stereocenters. The lowest BCUT2D eigenvalue weighted by Gasteiger charge is -2.06. The SMILES string of the molecule is CCOC(=O)c1cc(C(=O)c2ccc(F)cc2)n2cnc(-c3ccccc3F)cc12. The van der Waals surface area contributed by atoms with Gasteiger partial charge in [-0.15, -0.1) is 0 Å². The van der Waals surface area contributed by atoms with Crippen molar-refractivity contribution in [1.82, 2.24) is 9.38 Å². The molecule has 7 heteroatoms. The Balaban J connectivity index is 1.90. The predicted octanol–water partition coefficient (Wildman–Crippen LogP) is 4.69. The molecule has 4 aromatic rings. The Hall–Kier alpha value is -3.87. The molecule has 0 saturated heterocycles. The van der Waals surface area contributed by atoms with Crippen molar-refractivity contribution in [1.29, 1.82) is 0 Å². The van der Waals surface area contributed by atoms with E-state index in [9.17, 15) is 18.4 Å². The number of aromatic nitrogens is 2. The third kappa shape index (κ3) is 3.45. The Kier molecular flexibility index (Phi) is 5.10. The van der Waals surface area contributed by atoms with Crippen LogP contribution in [0.2, 0.25) is 0 Å². The van der Waals surface area contributed by atoms with E-state index in [2.05, 4.69) is 4.98 Å². The highest BCUT2D eigenvalue weighted by Gasteiger charge is 2.22. The summed E-state index contributed by atoms with van der Waals surface area (Å²) in [5, 5.41) is 0. The molecular formula is C23H16F2N2O3. The Bertz CT molecular complexity index is 1260. The molecule has 150 valence electrons. The van der Waals surface area contributed by atoms with E-state index in [0.717, 1.165) is 0 Å². The highest BCUT2D eigenvalue weighted by molar-refractivity contribution is 6.11. The van der Waals surface area contributed by atoms with Crippen molar-refractivity contribution in [3.63, 3.8) is 0 Å². The van der Waals surface area contributed by atoms with Crippen LogP contribution in [0.15, 0.2) is 67.0 Å². The van der Waals surface area contributed by atoms with Crippen molar-refractivity contribution >= 4 is 17.3 Å². The maximum atomic E-state index is 14.2. The van der Waals surface area contributed by atoms with Crippen LogP contribution in [0.5, 0.6) is 0 Å². The molecule has 0 saturated carbocycles.